The summed E-state index contributed by atoms with van der Waals surface area (Å²) in [4.78, 5) is 0. The molecular formula is C12H11FN2. The fraction of sp³-hybridized carbons (Fsp3) is 0.250. The first kappa shape index (κ1) is 9.72. The van der Waals surface area contributed by atoms with Crippen molar-refractivity contribution in [3.8, 4) is 12.3 Å². The van der Waals surface area contributed by atoms with Crippen molar-refractivity contribution in [2.45, 2.75) is 19.9 Å². The van der Waals surface area contributed by atoms with Gasteiger partial charge in [0, 0.05) is 17.8 Å². The lowest BCUT2D eigenvalue weighted by molar-refractivity contribution is 0.537. The van der Waals surface area contributed by atoms with Crippen molar-refractivity contribution >= 4 is 10.9 Å². The average Bonchev–Trinajstić information content (AvgIpc) is 2.61. The second-order valence-electron chi connectivity index (χ2n) is 3.74. The van der Waals surface area contributed by atoms with Gasteiger partial charge in [0.05, 0.1) is 10.9 Å². The maximum absolute atomic E-state index is 13.6. The highest BCUT2D eigenvalue weighted by Crippen LogP contribution is 2.20. The van der Waals surface area contributed by atoms with E-state index >= 15 is 0 Å². The van der Waals surface area contributed by atoms with Crippen LogP contribution in [0.15, 0.2) is 18.3 Å². The number of benzene rings is 1. The molecule has 1 aromatic heterocycles. The zero-order valence-electron chi connectivity index (χ0n) is 8.66. The van der Waals surface area contributed by atoms with Gasteiger partial charge < -0.3 is 0 Å². The van der Waals surface area contributed by atoms with Gasteiger partial charge in [0.2, 0.25) is 0 Å². The predicted molar refractivity (Wildman–Crippen MR) is 58.0 cm³/mol. The van der Waals surface area contributed by atoms with Crippen LogP contribution in [0, 0.1) is 18.2 Å². The Labute approximate surface area is 87.7 Å². The van der Waals surface area contributed by atoms with Crippen LogP contribution in [-0.2, 0) is 0 Å². The van der Waals surface area contributed by atoms with E-state index < -0.39 is 0 Å². The predicted octanol–water partition coefficient (Wildman–Crippen LogP) is 2.74. The van der Waals surface area contributed by atoms with Gasteiger partial charge in [0.1, 0.15) is 5.82 Å². The van der Waals surface area contributed by atoms with Crippen LogP contribution >= 0.6 is 0 Å². The smallest absolute Gasteiger partial charge is 0.135 e. The lowest BCUT2D eigenvalue weighted by atomic mass is 10.1. The average molecular weight is 202 g/mol. The van der Waals surface area contributed by atoms with Gasteiger partial charge in [-0.3, -0.25) is 4.68 Å². The Balaban J connectivity index is 2.71. The molecule has 0 aliphatic carbocycles. The third-order valence-electron chi connectivity index (χ3n) is 2.29. The maximum atomic E-state index is 13.6. The van der Waals surface area contributed by atoms with Gasteiger partial charge in [-0.05, 0) is 26.0 Å². The molecule has 0 fully saturated rings. The molecule has 2 rings (SSSR count). The van der Waals surface area contributed by atoms with E-state index in [2.05, 4.69) is 11.0 Å². The summed E-state index contributed by atoms with van der Waals surface area (Å²) in [7, 11) is 0. The van der Waals surface area contributed by atoms with Gasteiger partial charge in [0.25, 0.3) is 0 Å². The fourth-order valence-corrected chi connectivity index (χ4v) is 1.45. The minimum absolute atomic E-state index is 0.214. The maximum Gasteiger partial charge on any atom is 0.135 e. The number of hydrogen-bond donors (Lipinski definition) is 0. The number of rotatable bonds is 1. The van der Waals surface area contributed by atoms with Crippen LogP contribution in [0.1, 0.15) is 25.5 Å². The summed E-state index contributed by atoms with van der Waals surface area (Å²) in [6.45, 7) is 3.98. The summed E-state index contributed by atoms with van der Waals surface area (Å²) >= 11 is 0. The highest BCUT2D eigenvalue weighted by atomic mass is 19.1. The van der Waals surface area contributed by atoms with Gasteiger partial charge in [-0.15, -0.1) is 6.42 Å². The number of aromatic nitrogens is 2. The first-order chi connectivity index (χ1) is 7.11. The Kier molecular flexibility index (Phi) is 2.20. The minimum atomic E-state index is -0.313. The largest absolute Gasteiger partial charge is 0.269 e. The van der Waals surface area contributed by atoms with Crippen molar-refractivity contribution in [3.63, 3.8) is 0 Å². The molecule has 0 atom stereocenters. The molecule has 76 valence electrons. The molecule has 0 amide bonds. The molecule has 0 unspecified atom stereocenters. The number of hydrogen-bond acceptors (Lipinski definition) is 1. The van der Waals surface area contributed by atoms with Crippen LogP contribution in [0.4, 0.5) is 4.39 Å². The molecule has 3 heteroatoms. The van der Waals surface area contributed by atoms with Crippen molar-refractivity contribution < 1.29 is 4.39 Å². The lowest BCUT2D eigenvalue weighted by Gasteiger charge is -2.02. The molecular weight excluding hydrogens is 191 g/mol. The molecule has 0 radical (unpaired) electrons. The summed E-state index contributed by atoms with van der Waals surface area (Å²) < 4.78 is 15.3. The van der Waals surface area contributed by atoms with Gasteiger partial charge in [-0.2, -0.15) is 5.10 Å². The molecule has 0 saturated carbocycles. The quantitative estimate of drug-likeness (QED) is 0.650. The van der Waals surface area contributed by atoms with Crippen LogP contribution in [-0.4, -0.2) is 9.78 Å². The first-order valence-corrected chi connectivity index (χ1v) is 4.77. The summed E-state index contributed by atoms with van der Waals surface area (Å²) in [5.41, 5.74) is 1.13. The SMILES string of the molecule is C#Cc1cc(F)c2cn(C(C)C)nc2c1. The molecule has 0 N–H and O–H groups in total. The Bertz CT molecular complexity index is 546. The third-order valence-corrected chi connectivity index (χ3v) is 2.29. The molecule has 0 aliphatic rings. The van der Waals surface area contributed by atoms with E-state index in [1.165, 1.54) is 6.07 Å². The molecule has 0 saturated heterocycles. The highest BCUT2D eigenvalue weighted by Gasteiger charge is 2.08. The van der Waals surface area contributed by atoms with Gasteiger partial charge >= 0.3 is 0 Å². The first-order valence-electron chi connectivity index (χ1n) is 4.77. The van der Waals surface area contributed by atoms with Gasteiger partial charge in [-0.1, -0.05) is 5.92 Å². The van der Waals surface area contributed by atoms with Crippen LogP contribution in [0.25, 0.3) is 10.9 Å². The van der Waals surface area contributed by atoms with E-state index in [1.54, 1.807) is 16.9 Å². The molecule has 1 heterocycles. The summed E-state index contributed by atoms with van der Waals surface area (Å²) in [6, 6.07) is 3.29. The molecule has 15 heavy (non-hydrogen) atoms. The molecule has 2 aromatic rings. The van der Waals surface area contributed by atoms with E-state index in [0.717, 1.165) is 0 Å². The Morgan fingerprint density at radius 2 is 2.20 bits per heavy atom. The third kappa shape index (κ3) is 1.59. The monoisotopic (exact) mass is 202 g/mol. The number of terminal acetylenes is 1. The molecule has 0 aliphatic heterocycles. The van der Waals surface area contributed by atoms with E-state index in [1.807, 2.05) is 13.8 Å². The normalized spacial score (nSPS) is 10.9. The van der Waals surface area contributed by atoms with E-state index in [9.17, 15) is 4.39 Å². The Morgan fingerprint density at radius 3 is 2.80 bits per heavy atom. The second-order valence-corrected chi connectivity index (χ2v) is 3.74. The van der Waals surface area contributed by atoms with E-state index in [-0.39, 0.29) is 11.9 Å². The highest BCUT2D eigenvalue weighted by molar-refractivity contribution is 5.80. The summed E-state index contributed by atoms with van der Waals surface area (Å²) in [6.07, 6.45) is 6.93. The van der Waals surface area contributed by atoms with Crippen LogP contribution < -0.4 is 0 Å². The van der Waals surface area contributed by atoms with Crippen LogP contribution in [0.5, 0.6) is 0 Å². The topological polar surface area (TPSA) is 17.8 Å². The lowest BCUT2D eigenvalue weighted by Crippen LogP contribution is -1.99. The molecule has 2 nitrogen and oxygen atoms in total. The van der Waals surface area contributed by atoms with Crippen molar-refractivity contribution in [2.75, 3.05) is 0 Å². The number of nitrogens with zero attached hydrogens (tertiary/aromatic N) is 2. The van der Waals surface area contributed by atoms with E-state index in [0.29, 0.717) is 16.5 Å². The zero-order chi connectivity index (χ0) is 11.0. The fourth-order valence-electron chi connectivity index (χ4n) is 1.45. The van der Waals surface area contributed by atoms with Crippen molar-refractivity contribution in [1.29, 1.82) is 0 Å². The number of fused-ring (bicyclic) bond motifs is 1. The number of halogens is 1. The minimum Gasteiger partial charge on any atom is -0.269 e. The Morgan fingerprint density at radius 1 is 1.47 bits per heavy atom. The van der Waals surface area contributed by atoms with Gasteiger partial charge in [0.15, 0.2) is 0 Å². The second kappa shape index (κ2) is 3.39. The van der Waals surface area contributed by atoms with Crippen molar-refractivity contribution in [2.24, 2.45) is 0 Å². The van der Waals surface area contributed by atoms with Crippen molar-refractivity contribution in [3.05, 3.63) is 29.7 Å². The summed E-state index contributed by atoms with van der Waals surface area (Å²) in [5.74, 6) is 2.10. The molecule has 1 aromatic carbocycles. The van der Waals surface area contributed by atoms with Crippen molar-refractivity contribution in [1.82, 2.24) is 9.78 Å². The molecule has 0 bridgehead atoms. The van der Waals surface area contributed by atoms with Crippen LogP contribution in [0.3, 0.4) is 0 Å². The van der Waals surface area contributed by atoms with E-state index in [4.69, 9.17) is 6.42 Å². The summed E-state index contributed by atoms with van der Waals surface area (Å²) in [5, 5.41) is 4.78. The zero-order valence-corrected chi connectivity index (χ0v) is 8.66. The van der Waals surface area contributed by atoms with Crippen LogP contribution in [0.2, 0.25) is 0 Å². The van der Waals surface area contributed by atoms with Gasteiger partial charge in [-0.25, -0.2) is 4.39 Å². The Hall–Kier alpha value is -1.82. The standard InChI is InChI=1S/C12H11FN2/c1-4-9-5-11(13)10-7-15(8(2)3)14-12(10)6-9/h1,5-8H,2-3H3. The molecule has 0 spiro atoms.